The van der Waals surface area contributed by atoms with Crippen LogP contribution in [0.2, 0.25) is 0 Å². The zero-order valence-corrected chi connectivity index (χ0v) is 11.2. The van der Waals surface area contributed by atoms with Gasteiger partial charge in [0.2, 0.25) is 5.91 Å². The zero-order valence-electron chi connectivity index (χ0n) is 9.59. The molecule has 0 atom stereocenters. The predicted octanol–water partition coefficient (Wildman–Crippen LogP) is 1.32. The molecule has 0 radical (unpaired) electrons. The minimum Gasteiger partial charge on any atom is -0.356 e. The van der Waals surface area contributed by atoms with E-state index in [1.807, 2.05) is 18.2 Å². The van der Waals surface area contributed by atoms with Crippen LogP contribution < -0.4 is 11.1 Å². The fourth-order valence-corrected chi connectivity index (χ4v) is 1.21. The van der Waals surface area contributed by atoms with Crippen LogP contribution in [0, 0.1) is 0 Å². The second-order valence-electron chi connectivity index (χ2n) is 3.31. The Labute approximate surface area is 114 Å². The molecule has 1 amide bonds. The lowest BCUT2D eigenvalue weighted by atomic mass is 10.2. The Morgan fingerprint density at radius 2 is 2.12 bits per heavy atom. The molecule has 0 aliphatic heterocycles. The van der Waals surface area contributed by atoms with Crippen LogP contribution in [0.15, 0.2) is 24.4 Å². The lowest BCUT2D eigenvalue weighted by Gasteiger charge is -2.03. The largest absolute Gasteiger partial charge is 0.356 e. The number of nitrogens with one attached hydrogen (secondary N) is 1. The van der Waals surface area contributed by atoms with Gasteiger partial charge in [0, 0.05) is 24.9 Å². The minimum atomic E-state index is 0. The van der Waals surface area contributed by atoms with Crippen molar-refractivity contribution in [2.45, 2.75) is 19.3 Å². The summed E-state index contributed by atoms with van der Waals surface area (Å²) in [4.78, 5) is 15.5. The first-order valence-electron chi connectivity index (χ1n) is 5.19. The van der Waals surface area contributed by atoms with Gasteiger partial charge >= 0.3 is 0 Å². The summed E-state index contributed by atoms with van der Waals surface area (Å²) in [5.41, 5.74) is 6.27. The number of nitrogens with two attached hydrogens (primary N) is 1. The first-order chi connectivity index (χ1) is 7.33. The second-order valence-corrected chi connectivity index (χ2v) is 3.31. The third-order valence-electron chi connectivity index (χ3n) is 2.04. The van der Waals surface area contributed by atoms with Crippen molar-refractivity contribution in [3.05, 3.63) is 30.1 Å². The Bertz CT molecular complexity index is 296. The molecule has 1 heterocycles. The van der Waals surface area contributed by atoms with Crippen LogP contribution in [-0.4, -0.2) is 24.0 Å². The van der Waals surface area contributed by atoms with Crippen molar-refractivity contribution < 1.29 is 4.79 Å². The molecule has 0 fully saturated rings. The van der Waals surface area contributed by atoms with E-state index in [4.69, 9.17) is 5.73 Å². The normalized spacial score (nSPS) is 8.76. The number of halogens is 2. The number of pyridine rings is 1. The molecule has 0 aliphatic rings. The summed E-state index contributed by atoms with van der Waals surface area (Å²) in [7, 11) is 0. The van der Waals surface area contributed by atoms with E-state index in [1.165, 1.54) is 0 Å². The van der Waals surface area contributed by atoms with Crippen molar-refractivity contribution >= 4 is 30.7 Å². The lowest BCUT2D eigenvalue weighted by molar-refractivity contribution is -0.121. The van der Waals surface area contributed by atoms with Crippen molar-refractivity contribution in [3.8, 4) is 0 Å². The molecule has 1 rings (SSSR count). The number of nitrogens with zero attached hydrogens (tertiary/aromatic N) is 1. The number of aromatic nitrogens is 1. The summed E-state index contributed by atoms with van der Waals surface area (Å²) in [6.07, 6.45) is 3.74. The highest BCUT2D eigenvalue weighted by atomic mass is 35.5. The van der Waals surface area contributed by atoms with Crippen LogP contribution in [-0.2, 0) is 11.2 Å². The highest BCUT2D eigenvalue weighted by Crippen LogP contribution is 1.97. The first-order valence-corrected chi connectivity index (χ1v) is 5.19. The summed E-state index contributed by atoms with van der Waals surface area (Å²) in [6, 6.07) is 5.71. The monoisotopic (exact) mass is 279 g/mol. The fraction of sp³-hybridized carbons (Fsp3) is 0.455. The summed E-state index contributed by atoms with van der Waals surface area (Å²) in [5, 5.41) is 2.81. The molecule has 0 aromatic carbocycles. The topological polar surface area (TPSA) is 68.0 Å². The third kappa shape index (κ3) is 8.92. The van der Waals surface area contributed by atoms with Crippen LogP contribution in [0.4, 0.5) is 0 Å². The molecular weight excluding hydrogens is 261 g/mol. The SMILES string of the molecule is Cl.Cl.NCCCNC(=O)CCc1ccccn1. The highest BCUT2D eigenvalue weighted by molar-refractivity contribution is 5.85. The summed E-state index contributed by atoms with van der Waals surface area (Å²) >= 11 is 0. The van der Waals surface area contributed by atoms with Gasteiger partial charge in [-0.3, -0.25) is 9.78 Å². The average molecular weight is 280 g/mol. The maximum Gasteiger partial charge on any atom is 0.220 e. The molecule has 17 heavy (non-hydrogen) atoms. The lowest BCUT2D eigenvalue weighted by Crippen LogP contribution is -2.26. The van der Waals surface area contributed by atoms with Crippen molar-refractivity contribution in [1.29, 1.82) is 0 Å². The number of rotatable bonds is 6. The van der Waals surface area contributed by atoms with Gasteiger partial charge in [0.05, 0.1) is 0 Å². The van der Waals surface area contributed by atoms with E-state index in [9.17, 15) is 4.79 Å². The van der Waals surface area contributed by atoms with Gasteiger partial charge in [-0.05, 0) is 31.5 Å². The molecule has 0 aliphatic carbocycles. The highest BCUT2D eigenvalue weighted by Gasteiger charge is 2.01. The van der Waals surface area contributed by atoms with Gasteiger partial charge < -0.3 is 11.1 Å². The van der Waals surface area contributed by atoms with E-state index in [0.717, 1.165) is 12.1 Å². The second kappa shape index (κ2) is 11.6. The molecular formula is C11H19Cl2N3O. The van der Waals surface area contributed by atoms with E-state index < -0.39 is 0 Å². The van der Waals surface area contributed by atoms with Gasteiger partial charge in [-0.2, -0.15) is 0 Å². The Hall–Kier alpha value is -0.840. The molecule has 0 spiro atoms. The smallest absolute Gasteiger partial charge is 0.220 e. The van der Waals surface area contributed by atoms with E-state index in [0.29, 0.717) is 25.9 Å². The molecule has 4 nitrogen and oxygen atoms in total. The van der Waals surface area contributed by atoms with Crippen molar-refractivity contribution in [3.63, 3.8) is 0 Å². The number of hydrogen-bond donors (Lipinski definition) is 2. The number of carbonyl (C=O) groups excluding carboxylic acids is 1. The maximum atomic E-state index is 11.3. The number of carbonyl (C=O) groups is 1. The number of aryl methyl sites for hydroxylation is 1. The molecule has 0 bridgehead atoms. The number of hydrogen-bond acceptors (Lipinski definition) is 3. The van der Waals surface area contributed by atoms with E-state index >= 15 is 0 Å². The molecule has 6 heteroatoms. The Morgan fingerprint density at radius 3 is 2.71 bits per heavy atom. The van der Waals surface area contributed by atoms with Crippen LogP contribution in [0.25, 0.3) is 0 Å². The first kappa shape index (κ1) is 18.5. The van der Waals surface area contributed by atoms with Crippen molar-refractivity contribution in [2.75, 3.05) is 13.1 Å². The molecule has 0 unspecified atom stereocenters. The minimum absolute atomic E-state index is 0. The van der Waals surface area contributed by atoms with Crippen LogP contribution in [0.3, 0.4) is 0 Å². The van der Waals surface area contributed by atoms with Gasteiger partial charge in [0.1, 0.15) is 0 Å². The summed E-state index contributed by atoms with van der Waals surface area (Å²) < 4.78 is 0. The predicted molar refractivity (Wildman–Crippen MR) is 73.7 cm³/mol. The van der Waals surface area contributed by atoms with Crippen molar-refractivity contribution in [1.82, 2.24) is 10.3 Å². The molecule has 0 saturated heterocycles. The van der Waals surface area contributed by atoms with Gasteiger partial charge in [0.25, 0.3) is 0 Å². The van der Waals surface area contributed by atoms with Crippen LogP contribution >= 0.6 is 24.8 Å². The third-order valence-corrected chi connectivity index (χ3v) is 2.04. The molecule has 3 N–H and O–H groups in total. The molecule has 98 valence electrons. The Morgan fingerprint density at radius 1 is 1.35 bits per heavy atom. The van der Waals surface area contributed by atoms with Crippen LogP contribution in [0.5, 0.6) is 0 Å². The van der Waals surface area contributed by atoms with Crippen molar-refractivity contribution in [2.24, 2.45) is 5.73 Å². The zero-order chi connectivity index (χ0) is 10.9. The maximum absolute atomic E-state index is 11.3. The van der Waals surface area contributed by atoms with Crippen LogP contribution in [0.1, 0.15) is 18.5 Å². The van der Waals surface area contributed by atoms with Gasteiger partial charge in [-0.1, -0.05) is 6.07 Å². The van der Waals surface area contributed by atoms with Gasteiger partial charge in [0.15, 0.2) is 0 Å². The van der Waals surface area contributed by atoms with E-state index in [1.54, 1.807) is 6.20 Å². The fourth-order valence-electron chi connectivity index (χ4n) is 1.21. The molecule has 1 aromatic rings. The quantitative estimate of drug-likeness (QED) is 0.772. The Balaban J connectivity index is 0. The standard InChI is InChI=1S/C11H17N3O.2ClH/c12-7-3-9-14-11(15)6-5-10-4-1-2-8-13-10;;/h1-2,4,8H,3,5-7,9,12H2,(H,14,15);2*1H. The van der Waals surface area contributed by atoms with E-state index in [-0.39, 0.29) is 30.7 Å². The van der Waals surface area contributed by atoms with E-state index in [2.05, 4.69) is 10.3 Å². The number of amides is 1. The summed E-state index contributed by atoms with van der Waals surface area (Å²) in [6.45, 7) is 1.28. The van der Waals surface area contributed by atoms with Gasteiger partial charge in [-0.25, -0.2) is 0 Å². The molecule has 0 saturated carbocycles. The Kier molecular flexibility index (Phi) is 12.7. The average Bonchev–Trinajstić information content (AvgIpc) is 2.28. The summed E-state index contributed by atoms with van der Waals surface area (Å²) in [5.74, 6) is 0.0640. The van der Waals surface area contributed by atoms with Gasteiger partial charge in [-0.15, -0.1) is 24.8 Å². The molecule has 1 aromatic heterocycles.